The summed E-state index contributed by atoms with van der Waals surface area (Å²) in [4.78, 5) is 0. The lowest BCUT2D eigenvalue weighted by Crippen LogP contribution is -1.65. The van der Waals surface area contributed by atoms with Gasteiger partial charge < -0.3 is 0 Å². The first-order valence-electron chi connectivity index (χ1n) is 5.47. The van der Waals surface area contributed by atoms with Crippen LogP contribution < -0.4 is 0 Å². The molecule has 32 valence electrons. The molecular formula is C4H10S. The Morgan fingerprint density at radius 1 is 2.20 bits per heavy atom. The molecule has 0 aliphatic heterocycles. The zero-order valence-electron chi connectivity index (χ0n) is 11.4. The summed E-state index contributed by atoms with van der Waals surface area (Å²) in [6.45, 7) is -3.24. The highest BCUT2D eigenvalue weighted by Gasteiger charge is 1.68. The first-order valence-corrected chi connectivity index (χ1v) is 1.42. The lowest BCUT2D eigenvalue weighted by molar-refractivity contribution is 0.899. The van der Waals surface area contributed by atoms with Gasteiger partial charge >= 0.3 is 0 Å². The van der Waals surface area contributed by atoms with Crippen molar-refractivity contribution in [2.75, 3.05) is 5.70 Å². The van der Waals surface area contributed by atoms with Crippen LogP contribution in [-0.4, -0.2) is 5.70 Å². The van der Waals surface area contributed by atoms with E-state index in [9.17, 15) is 0 Å². The van der Waals surface area contributed by atoms with Gasteiger partial charge in [0.25, 0.3) is 0 Å². The van der Waals surface area contributed by atoms with Gasteiger partial charge in [0.1, 0.15) is 0 Å². The van der Waals surface area contributed by atoms with E-state index in [1.165, 1.54) is 0 Å². The average molecular weight is 99.2 g/mol. The molecule has 0 unspecified atom stereocenters. The number of hydrogen-bond acceptors (Lipinski definition) is 1. The van der Waals surface area contributed by atoms with Gasteiger partial charge in [-0.1, -0.05) is 13.2 Å². The van der Waals surface area contributed by atoms with Crippen molar-refractivity contribution in [3.63, 3.8) is 0 Å². The van der Waals surface area contributed by atoms with Crippen molar-refractivity contribution in [3.05, 3.63) is 0 Å². The molecule has 0 fully saturated rings. The summed E-state index contributed by atoms with van der Waals surface area (Å²) in [5.74, 6) is 0. The second-order valence-electron chi connectivity index (χ2n) is 0.362. The van der Waals surface area contributed by atoms with Crippen LogP contribution in [0.15, 0.2) is 0 Å². The first-order chi connectivity index (χ1) is 5.75. The van der Waals surface area contributed by atoms with Gasteiger partial charge in [0.15, 0.2) is 0 Å². The van der Waals surface area contributed by atoms with Crippen LogP contribution in [0.4, 0.5) is 0 Å². The Morgan fingerprint density at radius 2 is 3.00 bits per heavy atom. The molecule has 0 aromatic carbocycles. The summed E-state index contributed by atoms with van der Waals surface area (Å²) >= 11 is 3.23. The Balaban J connectivity index is 5.30. The molecule has 5 heavy (non-hydrogen) atoms. The zero-order chi connectivity index (χ0) is 12.0. The average Bonchev–Trinajstić information content (AvgIpc) is 1.81. The van der Waals surface area contributed by atoms with Crippen LogP contribution in [0.1, 0.15) is 31.9 Å². The quantitative estimate of drug-likeness (QED) is 0.501. The maximum atomic E-state index is 7.12. The van der Waals surface area contributed by atoms with Crippen LogP contribution in [0.5, 0.6) is 0 Å². The minimum Gasteiger partial charge on any atom is -0.179 e. The van der Waals surface area contributed by atoms with E-state index < -0.39 is 25.3 Å². The molecule has 0 bridgehead atoms. The van der Waals surface area contributed by atoms with E-state index in [1.807, 2.05) is 0 Å². The van der Waals surface area contributed by atoms with E-state index in [0.717, 1.165) is 0 Å². The van der Waals surface area contributed by atoms with Gasteiger partial charge in [0.2, 0.25) is 0 Å². The first kappa shape index (κ1) is 0.568. The molecule has 0 radical (unpaired) electrons. The molecular weight excluding hydrogens is 80.1 g/mol. The van der Waals surface area contributed by atoms with Gasteiger partial charge in [-0.15, -0.1) is 0 Å². The summed E-state index contributed by atoms with van der Waals surface area (Å²) in [5, 5.41) is 0. The molecule has 0 aromatic rings. The van der Waals surface area contributed by atoms with Crippen LogP contribution in [0.3, 0.4) is 0 Å². The third-order valence-electron chi connectivity index (χ3n) is 0.118. The fourth-order valence-corrected chi connectivity index (χ4v) is 0.0839. The number of rotatable bonds is 2. The van der Waals surface area contributed by atoms with Crippen molar-refractivity contribution in [2.45, 2.75) is 19.6 Å². The molecule has 0 saturated heterocycles. The lowest BCUT2D eigenvalue weighted by Gasteiger charge is -1.78. The van der Waals surface area contributed by atoms with Crippen LogP contribution in [0.2, 0.25) is 0 Å². The van der Waals surface area contributed by atoms with Gasteiger partial charge in [-0.05, 0) is 12.1 Å². The minimum absolute atomic E-state index is 2.87. The van der Waals surface area contributed by atoms with E-state index in [-0.39, 0.29) is 0 Å². The molecule has 0 nitrogen and oxygen atoms in total. The molecule has 0 aliphatic carbocycles. The van der Waals surface area contributed by atoms with Crippen molar-refractivity contribution < 1.29 is 12.3 Å². The minimum atomic E-state index is -3.30. The van der Waals surface area contributed by atoms with E-state index in [4.69, 9.17) is 12.3 Å². The largest absolute Gasteiger partial charge is 0.179 e. The van der Waals surface area contributed by atoms with E-state index in [2.05, 4.69) is 12.6 Å². The highest BCUT2D eigenvalue weighted by molar-refractivity contribution is 7.80. The molecule has 0 atom stereocenters. The summed E-state index contributed by atoms with van der Waals surface area (Å²) < 4.78 is 62.6. The van der Waals surface area contributed by atoms with Gasteiger partial charge in [0, 0.05) is 12.3 Å². The van der Waals surface area contributed by atoms with Crippen molar-refractivity contribution in [1.29, 1.82) is 0 Å². The predicted octanol–water partition coefficient (Wildman–Crippen LogP) is 1.72. The fourth-order valence-electron chi connectivity index (χ4n) is 0.0280. The van der Waals surface area contributed by atoms with Gasteiger partial charge in [-0.3, -0.25) is 0 Å². The highest BCUT2D eigenvalue weighted by atomic mass is 32.1. The Hall–Kier alpha value is 0.350. The van der Waals surface area contributed by atoms with Crippen molar-refractivity contribution in [3.8, 4) is 0 Å². The van der Waals surface area contributed by atoms with E-state index >= 15 is 0 Å². The van der Waals surface area contributed by atoms with E-state index in [0.29, 0.717) is 0 Å². The third-order valence-corrected chi connectivity index (χ3v) is 0.230. The van der Waals surface area contributed by atoms with Gasteiger partial charge in [-0.2, -0.15) is 12.6 Å². The fraction of sp³-hybridized carbons (Fsp3) is 1.00. The molecule has 0 rings (SSSR count). The topological polar surface area (TPSA) is 0 Å². The van der Waals surface area contributed by atoms with Crippen LogP contribution in [-0.2, 0) is 0 Å². The Morgan fingerprint density at radius 3 is 3.20 bits per heavy atom. The third kappa shape index (κ3) is 4.35. The summed E-state index contributed by atoms with van der Waals surface area (Å²) in [5.41, 5.74) is -2.87. The van der Waals surface area contributed by atoms with Crippen LogP contribution in [0, 0.1) is 0 Å². The van der Waals surface area contributed by atoms with Crippen molar-refractivity contribution in [2.24, 2.45) is 0 Å². The summed E-state index contributed by atoms with van der Waals surface area (Å²) in [6.07, 6.45) is -6.51. The Bertz CT molecular complexity index is 186. The van der Waals surface area contributed by atoms with Crippen molar-refractivity contribution >= 4 is 12.6 Å². The Kier molecular flexibility index (Phi) is 0.494. The highest BCUT2D eigenvalue weighted by Crippen LogP contribution is 1.85. The monoisotopic (exact) mass is 99.1 g/mol. The molecule has 0 N–H and O–H groups in total. The molecule has 0 aromatic heterocycles. The van der Waals surface area contributed by atoms with Gasteiger partial charge in [0.05, 0.1) is 0 Å². The maximum absolute atomic E-state index is 7.12. The predicted molar refractivity (Wildman–Crippen MR) is 28.8 cm³/mol. The number of hydrogen-bond donors (Lipinski definition) is 1. The van der Waals surface area contributed by atoms with Crippen molar-refractivity contribution in [1.82, 2.24) is 0 Å². The lowest BCUT2D eigenvalue weighted by atomic mass is 10.4. The molecule has 0 spiro atoms. The Labute approximate surface area is 51.6 Å². The smallest absolute Gasteiger partial charge is 0.0378 e. The van der Waals surface area contributed by atoms with Gasteiger partial charge in [-0.25, -0.2) is 0 Å². The summed E-state index contributed by atoms with van der Waals surface area (Å²) in [6, 6.07) is 0. The van der Waals surface area contributed by atoms with Crippen LogP contribution >= 0.6 is 12.6 Å². The SMILES string of the molecule is [2H]C([2H])([2H])C([2H])([2H])C([2H])([2H])C([2H])([2H])S. The molecule has 1 heteroatoms. The molecule has 0 amide bonds. The maximum Gasteiger partial charge on any atom is 0.0378 e. The second-order valence-corrected chi connectivity index (χ2v) is 0.585. The molecule has 0 heterocycles. The summed E-state index contributed by atoms with van der Waals surface area (Å²) in [7, 11) is 0. The van der Waals surface area contributed by atoms with E-state index in [1.54, 1.807) is 0 Å². The normalized spacial score (nSPS) is 46.2. The molecule has 0 saturated carbocycles. The zero-order valence-corrected chi connectivity index (χ0v) is 3.34. The second kappa shape index (κ2) is 4.35. The molecule has 0 aliphatic rings. The number of thiol groups is 1. The standard InChI is InChI=1S/C4H10S/c1-2-3-4-5/h5H,2-4H2,1H3/i1D3,2D2,3D2,4D2. The van der Waals surface area contributed by atoms with Crippen LogP contribution in [0.25, 0.3) is 0 Å².